The average Bonchev–Trinajstić information content (AvgIpc) is 2.19. The molecule has 1 N–H and O–H groups in total. The van der Waals surface area contributed by atoms with Gasteiger partial charge in [0.05, 0.1) is 0 Å². The van der Waals surface area contributed by atoms with Gasteiger partial charge < -0.3 is 0 Å². The lowest BCUT2D eigenvalue weighted by molar-refractivity contribution is 0.527. The maximum Gasteiger partial charge on any atom is 0.301 e. The Labute approximate surface area is 108 Å². The molecule has 0 amide bonds. The summed E-state index contributed by atoms with van der Waals surface area (Å²) in [6, 6.07) is 7.37. The SMILES string of the molecule is CC(C)Sc1ccc(NS(=O)(=O)N(C)C)cc1. The zero-order valence-electron chi connectivity index (χ0n) is 10.5. The molecule has 1 aromatic rings. The quantitative estimate of drug-likeness (QED) is 0.839. The topological polar surface area (TPSA) is 49.4 Å². The van der Waals surface area contributed by atoms with E-state index < -0.39 is 10.2 Å². The molecule has 0 atom stereocenters. The Balaban J connectivity index is 2.76. The van der Waals surface area contributed by atoms with Gasteiger partial charge in [-0.3, -0.25) is 4.72 Å². The predicted octanol–water partition coefficient (Wildman–Crippen LogP) is 2.41. The Morgan fingerprint density at radius 2 is 1.71 bits per heavy atom. The van der Waals surface area contributed by atoms with Gasteiger partial charge >= 0.3 is 10.2 Å². The van der Waals surface area contributed by atoms with Crippen LogP contribution in [-0.2, 0) is 10.2 Å². The van der Waals surface area contributed by atoms with E-state index in [-0.39, 0.29) is 0 Å². The van der Waals surface area contributed by atoms with Crippen LogP contribution in [0.3, 0.4) is 0 Å². The second-order valence-corrected chi connectivity index (χ2v) is 7.61. The first-order valence-corrected chi connectivity index (χ1v) is 7.60. The summed E-state index contributed by atoms with van der Waals surface area (Å²) in [5, 5.41) is 0.513. The minimum absolute atomic E-state index is 0.513. The number of rotatable bonds is 5. The monoisotopic (exact) mass is 274 g/mol. The van der Waals surface area contributed by atoms with E-state index in [4.69, 9.17) is 0 Å². The molecule has 0 aliphatic carbocycles. The van der Waals surface area contributed by atoms with E-state index in [2.05, 4.69) is 18.6 Å². The lowest BCUT2D eigenvalue weighted by atomic mass is 10.3. The molecule has 0 bridgehead atoms. The van der Waals surface area contributed by atoms with E-state index in [1.54, 1.807) is 23.9 Å². The van der Waals surface area contributed by atoms with Crippen molar-refractivity contribution in [2.45, 2.75) is 24.0 Å². The summed E-state index contributed by atoms with van der Waals surface area (Å²) in [5.74, 6) is 0. The van der Waals surface area contributed by atoms with Crippen molar-refractivity contribution in [3.05, 3.63) is 24.3 Å². The number of nitrogens with zero attached hydrogens (tertiary/aromatic N) is 1. The van der Waals surface area contributed by atoms with Gasteiger partial charge in [0.15, 0.2) is 0 Å². The highest BCUT2D eigenvalue weighted by Crippen LogP contribution is 2.24. The second kappa shape index (κ2) is 5.75. The van der Waals surface area contributed by atoms with Crippen LogP contribution in [0.4, 0.5) is 5.69 Å². The summed E-state index contributed by atoms with van der Waals surface area (Å²) in [6.07, 6.45) is 0. The van der Waals surface area contributed by atoms with E-state index >= 15 is 0 Å². The Morgan fingerprint density at radius 1 is 1.18 bits per heavy atom. The van der Waals surface area contributed by atoms with Crippen LogP contribution < -0.4 is 4.72 Å². The Hall–Kier alpha value is -0.720. The molecule has 0 fully saturated rings. The molecule has 6 heteroatoms. The van der Waals surface area contributed by atoms with Gasteiger partial charge in [-0.15, -0.1) is 11.8 Å². The summed E-state index contributed by atoms with van der Waals surface area (Å²) in [6.45, 7) is 4.24. The number of nitrogens with one attached hydrogen (secondary N) is 1. The van der Waals surface area contributed by atoms with E-state index in [9.17, 15) is 8.42 Å². The minimum Gasteiger partial charge on any atom is -0.271 e. The van der Waals surface area contributed by atoms with Crippen molar-refractivity contribution in [2.24, 2.45) is 0 Å². The van der Waals surface area contributed by atoms with Crippen molar-refractivity contribution < 1.29 is 8.42 Å². The molecule has 4 nitrogen and oxygen atoms in total. The van der Waals surface area contributed by atoms with Crippen molar-refractivity contribution in [3.63, 3.8) is 0 Å². The van der Waals surface area contributed by atoms with Crippen molar-refractivity contribution in [1.29, 1.82) is 0 Å². The van der Waals surface area contributed by atoms with Gasteiger partial charge in [0, 0.05) is 29.9 Å². The molecule has 1 aromatic carbocycles. The van der Waals surface area contributed by atoms with Crippen molar-refractivity contribution in [1.82, 2.24) is 4.31 Å². The van der Waals surface area contributed by atoms with Crippen molar-refractivity contribution >= 4 is 27.7 Å². The van der Waals surface area contributed by atoms with Gasteiger partial charge in [0.1, 0.15) is 0 Å². The molecule has 0 aliphatic rings. The highest BCUT2D eigenvalue weighted by molar-refractivity contribution is 7.99. The van der Waals surface area contributed by atoms with Crippen LogP contribution in [0.25, 0.3) is 0 Å². The van der Waals surface area contributed by atoms with Gasteiger partial charge in [-0.2, -0.15) is 12.7 Å². The van der Waals surface area contributed by atoms with Crippen LogP contribution in [0.2, 0.25) is 0 Å². The van der Waals surface area contributed by atoms with E-state index in [1.165, 1.54) is 14.1 Å². The van der Waals surface area contributed by atoms with Crippen LogP contribution in [0.5, 0.6) is 0 Å². The molecular weight excluding hydrogens is 256 g/mol. The van der Waals surface area contributed by atoms with Crippen LogP contribution >= 0.6 is 11.8 Å². The summed E-state index contributed by atoms with van der Waals surface area (Å²) in [4.78, 5) is 1.13. The maximum absolute atomic E-state index is 11.6. The van der Waals surface area contributed by atoms with Crippen LogP contribution in [0.1, 0.15) is 13.8 Å². The van der Waals surface area contributed by atoms with Gasteiger partial charge in [-0.1, -0.05) is 13.8 Å². The van der Waals surface area contributed by atoms with Crippen LogP contribution in [-0.4, -0.2) is 32.1 Å². The van der Waals surface area contributed by atoms with Gasteiger partial charge in [-0.25, -0.2) is 0 Å². The van der Waals surface area contributed by atoms with Crippen LogP contribution in [0.15, 0.2) is 29.2 Å². The molecular formula is C11H18N2O2S2. The first-order chi connectivity index (χ1) is 7.81. The number of anilines is 1. The normalized spacial score (nSPS) is 12.1. The molecule has 0 aliphatic heterocycles. The van der Waals surface area contributed by atoms with Crippen LogP contribution in [0, 0.1) is 0 Å². The van der Waals surface area contributed by atoms with Gasteiger partial charge in [-0.05, 0) is 24.3 Å². The van der Waals surface area contributed by atoms with E-state index in [0.29, 0.717) is 10.9 Å². The maximum atomic E-state index is 11.6. The lowest BCUT2D eigenvalue weighted by Crippen LogP contribution is -2.28. The summed E-state index contributed by atoms with van der Waals surface area (Å²) in [5.41, 5.74) is 0.576. The van der Waals surface area contributed by atoms with Gasteiger partial charge in [0.25, 0.3) is 0 Å². The minimum atomic E-state index is -3.41. The Bertz CT molecular complexity index is 453. The zero-order valence-corrected chi connectivity index (χ0v) is 12.1. The van der Waals surface area contributed by atoms with E-state index in [0.717, 1.165) is 9.20 Å². The molecule has 1 rings (SSSR count). The first kappa shape index (κ1) is 14.3. The number of benzene rings is 1. The van der Waals surface area contributed by atoms with Crippen molar-refractivity contribution in [2.75, 3.05) is 18.8 Å². The Morgan fingerprint density at radius 3 is 2.12 bits per heavy atom. The summed E-state index contributed by atoms with van der Waals surface area (Å²) >= 11 is 1.74. The van der Waals surface area contributed by atoms with Gasteiger partial charge in [0.2, 0.25) is 0 Å². The number of hydrogen-bond acceptors (Lipinski definition) is 3. The first-order valence-electron chi connectivity index (χ1n) is 5.28. The highest BCUT2D eigenvalue weighted by Gasteiger charge is 2.12. The number of hydrogen-bond donors (Lipinski definition) is 1. The fourth-order valence-corrected chi connectivity index (χ4v) is 2.57. The average molecular weight is 274 g/mol. The third kappa shape index (κ3) is 4.57. The fourth-order valence-electron chi connectivity index (χ4n) is 1.11. The third-order valence-electron chi connectivity index (χ3n) is 1.95. The smallest absolute Gasteiger partial charge is 0.271 e. The largest absolute Gasteiger partial charge is 0.301 e. The molecule has 0 unspecified atom stereocenters. The van der Waals surface area contributed by atoms with Crippen molar-refractivity contribution in [3.8, 4) is 0 Å². The molecule has 0 saturated heterocycles. The highest BCUT2D eigenvalue weighted by atomic mass is 32.2. The van der Waals surface area contributed by atoms with E-state index in [1.807, 2.05) is 12.1 Å². The third-order valence-corrected chi connectivity index (χ3v) is 4.42. The lowest BCUT2D eigenvalue weighted by Gasteiger charge is -2.13. The molecule has 0 spiro atoms. The zero-order chi connectivity index (χ0) is 13.1. The standard InChI is InChI=1S/C11H18N2O2S2/c1-9(2)16-11-7-5-10(6-8-11)12-17(14,15)13(3)4/h5-9,12H,1-4H3. The summed E-state index contributed by atoms with van der Waals surface area (Å²) in [7, 11) is -0.428. The molecule has 0 saturated carbocycles. The second-order valence-electron chi connectivity index (χ2n) is 4.08. The predicted molar refractivity (Wildman–Crippen MR) is 73.7 cm³/mol. The molecule has 0 aromatic heterocycles. The summed E-state index contributed by atoms with van der Waals surface area (Å²) < 4.78 is 26.8. The molecule has 96 valence electrons. The molecule has 0 heterocycles. The Kier molecular flexibility index (Phi) is 4.85. The number of thioether (sulfide) groups is 1. The fraction of sp³-hybridized carbons (Fsp3) is 0.455. The molecule has 0 radical (unpaired) electrons. The molecule has 17 heavy (non-hydrogen) atoms.